The Hall–Kier alpha value is -0.650. The summed E-state index contributed by atoms with van der Waals surface area (Å²) in [7, 11) is 0. The van der Waals surface area contributed by atoms with Gasteiger partial charge in [-0.05, 0) is 75.5 Å². The van der Waals surface area contributed by atoms with Gasteiger partial charge in [-0.1, -0.05) is 6.92 Å². The molecule has 3 nitrogen and oxygen atoms in total. The van der Waals surface area contributed by atoms with Crippen LogP contribution in [-0.2, 0) is 4.79 Å². The molecule has 0 N–H and O–H groups in total. The zero-order valence-electron chi connectivity index (χ0n) is 13.0. The highest BCUT2D eigenvalue weighted by atomic mass is 79.9. The van der Waals surface area contributed by atoms with Crippen LogP contribution in [0.1, 0.15) is 32.3 Å². The van der Waals surface area contributed by atoms with Gasteiger partial charge in [0.1, 0.15) is 5.75 Å². The maximum absolute atomic E-state index is 12.1. The normalized spacial score (nSPS) is 18.0. The van der Waals surface area contributed by atoms with Crippen molar-refractivity contribution in [3.63, 3.8) is 0 Å². The third kappa shape index (κ3) is 4.43. The van der Waals surface area contributed by atoms with Crippen LogP contribution >= 0.6 is 31.9 Å². The third-order valence-electron chi connectivity index (χ3n) is 3.60. The SMILES string of the molecule is CCCN1CCC(=O)/C(=C/c2cc(Br)c(OCC)c(Br)c2)C1. The van der Waals surface area contributed by atoms with Gasteiger partial charge in [0.05, 0.1) is 15.6 Å². The fourth-order valence-corrected chi connectivity index (χ4v) is 4.06. The lowest BCUT2D eigenvalue weighted by atomic mass is 10.00. The van der Waals surface area contributed by atoms with Crippen molar-refractivity contribution in [3.05, 3.63) is 32.2 Å². The van der Waals surface area contributed by atoms with Gasteiger partial charge < -0.3 is 4.74 Å². The highest BCUT2D eigenvalue weighted by Gasteiger charge is 2.20. The summed E-state index contributed by atoms with van der Waals surface area (Å²) in [5.41, 5.74) is 1.89. The van der Waals surface area contributed by atoms with Gasteiger partial charge in [0.15, 0.2) is 5.78 Å². The number of hydrogen-bond acceptors (Lipinski definition) is 3. The van der Waals surface area contributed by atoms with Gasteiger partial charge >= 0.3 is 0 Å². The van der Waals surface area contributed by atoms with E-state index in [-0.39, 0.29) is 5.78 Å². The number of piperidine rings is 1. The molecule has 0 saturated carbocycles. The van der Waals surface area contributed by atoms with Crippen molar-refractivity contribution in [2.24, 2.45) is 0 Å². The summed E-state index contributed by atoms with van der Waals surface area (Å²) in [5.74, 6) is 1.06. The predicted molar refractivity (Wildman–Crippen MR) is 97.3 cm³/mol. The fourth-order valence-electron chi connectivity index (χ4n) is 2.61. The molecule has 1 aromatic rings. The van der Waals surface area contributed by atoms with E-state index in [0.29, 0.717) is 13.0 Å². The van der Waals surface area contributed by atoms with E-state index in [2.05, 4.69) is 43.7 Å². The van der Waals surface area contributed by atoms with Crippen molar-refractivity contribution >= 4 is 43.7 Å². The predicted octanol–water partition coefficient (Wildman–Crippen LogP) is 4.68. The Morgan fingerprint density at radius 3 is 2.55 bits per heavy atom. The summed E-state index contributed by atoms with van der Waals surface area (Å²) >= 11 is 7.07. The number of nitrogens with zero attached hydrogens (tertiary/aromatic N) is 1. The van der Waals surface area contributed by atoms with E-state index in [1.807, 2.05) is 25.1 Å². The number of carbonyl (C=O) groups is 1. The summed E-state index contributed by atoms with van der Waals surface area (Å²) in [4.78, 5) is 14.5. The summed E-state index contributed by atoms with van der Waals surface area (Å²) in [6.45, 7) is 7.40. The second kappa shape index (κ2) is 8.27. The van der Waals surface area contributed by atoms with E-state index in [1.165, 1.54) is 0 Å². The monoisotopic (exact) mass is 429 g/mol. The number of benzene rings is 1. The first-order valence-electron chi connectivity index (χ1n) is 7.63. The Labute approximate surface area is 149 Å². The fraction of sp³-hybridized carbons (Fsp3) is 0.471. The van der Waals surface area contributed by atoms with E-state index in [4.69, 9.17) is 4.74 Å². The van der Waals surface area contributed by atoms with Crippen molar-refractivity contribution < 1.29 is 9.53 Å². The van der Waals surface area contributed by atoms with E-state index in [1.54, 1.807) is 0 Å². The summed E-state index contributed by atoms with van der Waals surface area (Å²) in [5, 5.41) is 0. The van der Waals surface area contributed by atoms with Crippen LogP contribution in [0.3, 0.4) is 0 Å². The van der Waals surface area contributed by atoms with Crippen LogP contribution < -0.4 is 4.74 Å². The first kappa shape index (κ1) is 17.7. The summed E-state index contributed by atoms with van der Waals surface area (Å²) < 4.78 is 7.38. The minimum Gasteiger partial charge on any atom is -0.492 e. The van der Waals surface area contributed by atoms with Gasteiger partial charge in [-0.25, -0.2) is 0 Å². The second-order valence-electron chi connectivity index (χ2n) is 5.37. The van der Waals surface area contributed by atoms with Gasteiger partial charge in [0.25, 0.3) is 0 Å². The van der Waals surface area contributed by atoms with Crippen molar-refractivity contribution in [2.45, 2.75) is 26.7 Å². The highest BCUT2D eigenvalue weighted by Crippen LogP contribution is 2.35. The zero-order chi connectivity index (χ0) is 16.1. The molecule has 1 aromatic carbocycles. The standard InChI is InChI=1S/C17H21Br2NO2/c1-3-6-20-7-5-16(21)13(11-20)8-12-9-14(18)17(22-4-2)15(19)10-12/h8-10H,3-7,11H2,1-2H3/b13-8+. The molecule has 0 aliphatic carbocycles. The van der Waals surface area contributed by atoms with Crippen LogP contribution in [-0.4, -0.2) is 36.9 Å². The molecule has 1 fully saturated rings. The molecule has 120 valence electrons. The third-order valence-corrected chi connectivity index (χ3v) is 4.78. The molecule has 1 aliphatic rings. The first-order chi connectivity index (χ1) is 10.5. The topological polar surface area (TPSA) is 29.5 Å². The number of ether oxygens (including phenoxy) is 1. The number of ketones is 1. The van der Waals surface area contributed by atoms with Gasteiger partial charge in [0, 0.05) is 25.1 Å². The molecular weight excluding hydrogens is 410 g/mol. The van der Waals surface area contributed by atoms with Crippen LogP contribution in [0.4, 0.5) is 0 Å². The van der Waals surface area contributed by atoms with Gasteiger partial charge in [0.2, 0.25) is 0 Å². The Bertz CT molecular complexity index is 561. The average Bonchev–Trinajstić information content (AvgIpc) is 2.47. The zero-order valence-corrected chi connectivity index (χ0v) is 16.2. The Kier molecular flexibility index (Phi) is 6.66. The average molecular weight is 431 g/mol. The molecule has 0 spiro atoms. The molecule has 22 heavy (non-hydrogen) atoms. The van der Waals surface area contributed by atoms with Gasteiger partial charge in [-0.15, -0.1) is 0 Å². The quantitative estimate of drug-likeness (QED) is 0.635. The minimum atomic E-state index is 0.258. The van der Waals surface area contributed by atoms with Crippen molar-refractivity contribution in [1.29, 1.82) is 0 Å². The smallest absolute Gasteiger partial charge is 0.161 e. The molecule has 0 radical (unpaired) electrons. The molecule has 0 atom stereocenters. The maximum atomic E-state index is 12.1. The van der Waals surface area contributed by atoms with Crippen molar-refractivity contribution in [2.75, 3.05) is 26.2 Å². The number of rotatable bonds is 5. The lowest BCUT2D eigenvalue weighted by Crippen LogP contribution is -2.36. The molecule has 1 saturated heterocycles. The minimum absolute atomic E-state index is 0.258. The second-order valence-corrected chi connectivity index (χ2v) is 7.07. The molecular formula is C17H21Br2NO2. The summed E-state index contributed by atoms with van der Waals surface area (Å²) in [6.07, 6.45) is 3.72. The molecule has 2 rings (SSSR count). The van der Waals surface area contributed by atoms with Crippen LogP contribution in [0.15, 0.2) is 26.7 Å². The lowest BCUT2D eigenvalue weighted by molar-refractivity contribution is -0.117. The molecule has 0 aromatic heterocycles. The highest BCUT2D eigenvalue weighted by molar-refractivity contribution is 9.11. The molecule has 1 aliphatic heterocycles. The Morgan fingerprint density at radius 2 is 1.95 bits per heavy atom. The molecule has 1 heterocycles. The van der Waals surface area contributed by atoms with E-state index in [9.17, 15) is 4.79 Å². The van der Waals surface area contributed by atoms with Crippen LogP contribution in [0, 0.1) is 0 Å². The molecule has 0 amide bonds. The van der Waals surface area contributed by atoms with Crippen molar-refractivity contribution in [1.82, 2.24) is 4.90 Å². The number of hydrogen-bond donors (Lipinski definition) is 0. The number of likely N-dealkylation sites (tertiary alicyclic amines) is 1. The molecule has 5 heteroatoms. The first-order valence-corrected chi connectivity index (χ1v) is 9.21. The van der Waals surface area contributed by atoms with Crippen LogP contribution in [0.2, 0.25) is 0 Å². The maximum Gasteiger partial charge on any atom is 0.161 e. The summed E-state index contributed by atoms with van der Waals surface area (Å²) in [6, 6.07) is 3.99. The lowest BCUT2D eigenvalue weighted by Gasteiger charge is -2.27. The number of carbonyl (C=O) groups excluding carboxylic acids is 1. The van der Waals surface area contributed by atoms with Crippen molar-refractivity contribution in [3.8, 4) is 5.75 Å². The van der Waals surface area contributed by atoms with Gasteiger partial charge in [-0.3, -0.25) is 9.69 Å². The van der Waals surface area contributed by atoms with E-state index in [0.717, 1.165) is 51.9 Å². The molecule has 0 unspecified atom stereocenters. The Balaban J connectivity index is 2.25. The largest absolute Gasteiger partial charge is 0.492 e. The van der Waals surface area contributed by atoms with Gasteiger partial charge in [-0.2, -0.15) is 0 Å². The van der Waals surface area contributed by atoms with E-state index < -0.39 is 0 Å². The van der Waals surface area contributed by atoms with E-state index >= 15 is 0 Å². The van der Waals surface area contributed by atoms with Crippen LogP contribution in [0.5, 0.6) is 5.75 Å². The molecule has 0 bridgehead atoms. The number of halogens is 2. The Morgan fingerprint density at radius 1 is 1.27 bits per heavy atom. The van der Waals surface area contributed by atoms with Crippen LogP contribution in [0.25, 0.3) is 6.08 Å². The number of Topliss-reactive ketones (excluding diaryl/α,β-unsaturated/α-hetero) is 1.